The topological polar surface area (TPSA) is 67.6 Å². The average Bonchev–Trinajstić information content (AvgIpc) is 2.67. The third-order valence-electron chi connectivity index (χ3n) is 3.49. The first-order valence-electron chi connectivity index (χ1n) is 6.26. The Morgan fingerprint density at radius 3 is 2.88 bits per heavy atom. The maximum absolute atomic E-state index is 9.11. The number of nitrogens with two attached hydrogens (primary N) is 1. The molecule has 1 aromatic heterocycles. The van der Waals surface area contributed by atoms with Crippen molar-refractivity contribution in [2.24, 2.45) is 11.1 Å². The minimum atomic E-state index is 0.0479. The van der Waals surface area contributed by atoms with Crippen molar-refractivity contribution in [1.82, 2.24) is 9.55 Å². The molecule has 1 aliphatic rings. The van der Waals surface area contributed by atoms with Gasteiger partial charge in [-0.15, -0.1) is 0 Å². The van der Waals surface area contributed by atoms with E-state index >= 15 is 0 Å². The average molecular weight is 232 g/mol. The van der Waals surface area contributed by atoms with Crippen molar-refractivity contribution >= 4 is 0 Å². The van der Waals surface area contributed by atoms with Crippen molar-refractivity contribution in [3.63, 3.8) is 0 Å². The number of hydrogen-bond donors (Lipinski definition) is 1. The second-order valence-corrected chi connectivity index (χ2v) is 5.59. The SMILES string of the molecule is CC(C)(CN)Cc1nc(C#N)c2n1CCCC2. The molecule has 0 unspecified atom stereocenters. The lowest BCUT2D eigenvalue weighted by Gasteiger charge is -2.24. The van der Waals surface area contributed by atoms with Gasteiger partial charge in [-0.3, -0.25) is 0 Å². The molecule has 0 aromatic carbocycles. The summed E-state index contributed by atoms with van der Waals surface area (Å²) >= 11 is 0. The van der Waals surface area contributed by atoms with Gasteiger partial charge in [0.1, 0.15) is 11.9 Å². The first kappa shape index (κ1) is 12.1. The number of rotatable bonds is 3. The van der Waals surface area contributed by atoms with Crippen LogP contribution >= 0.6 is 0 Å². The second kappa shape index (κ2) is 4.50. The summed E-state index contributed by atoms with van der Waals surface area (Å²) in [6, 6.07) is 2.22. The lowest BCUT2D eigenvalue weighted by atomic mass is 9.89. The van der Waals surface area contributed by atoms with Crippen molar-refractivity contribution in [1.29, 1.82) is 5.26 Å². The van der Waals surface area contributed by atoms with Crippen LogP contribution in [-0.4, -0.2) is 16.1 Å². The summed E-state index contributed by atoms with van der Waals surface area (Å²) < 4.78 is 2.24. The Morgan fingerprint density at radius 1 is 1.47 bits per heavy atom. The van der Waals surface area contributed by atoms with Crippen molar-refractivity contribution in [3.05, 3.63) is 17.2 Å². The maximum Gasteiger partial charge on any atom is 0.161 e. The predicted octanol–water partition coefficient (Wildman–Crippen LogP) is 1.62. The van der Waals surface area contributed by atoms with Gasteiger partial charge in [0.05, 0.1) is 5.69 Å². The molecule has 0 atom stereocenters. The van der Waals surface area contributed by atoms with Crippen LogP contribution in [0.15, 0.2) is 0 Å². The molecule has 0 saturated heterocycles. The molecule has 17 heavy (non-hydrogen) atoms. The number of imidazole rings is 1. The summed E-state index contributed by atoms with van der Waals surface area (Å²) in [5, 5.41) is 9.11. The van der Waals surface area contributed by atoms with E-state index in [4.69, 9.17) is 11.0 Å². The van der Waals surface area contributed by atoms with Gasteiger partial charge in [-0.25, -0.2) is 4.98 Å². The molecule has 2 rings (SSSR count). The van der Waals surface area contributed by atoms with Crippen molar-refractivity contribution < 1.29 is 0 Å². The molecule has 92 valence electrons. The Bertz CT molecular complexity index is 451. The van der Waals surface area contributed by atoms with E-state index in [1.54, 1.807) is 0 Å². The van der Waals surface area contributed by atoms with Crippen LogP contribution in [0.4, 0.5) is 0 Å². The number of aromatic nitrogens is 2. The molecule has 0 radical (unpaired) electrons. The molecular formula is C13H20N4. The molecule has 0 bridgehead atoms. The first-order chi connectivity index (χ1) is 8.07. The van der Waals surface area contributed by atoms with Gasteiger partial charge in [0.25, 0.3) is 0 Å². The van der Waals surface area contributed by atoms with E-state index in [2.05, 4.69) is 29.5 Å². The van der Waals surface area contributed by atoms with Crippen LogP contribution in [0.1, 0.15) is 43.9 Å². The zero-order valence-electron chi connectivity index (χ0n) is 10.7. The monoisotopic (exact) mass is 232 g/mol. The van der Waals surface area contributed by atoms with Crippen LogP contribution < -0.4 is 5.73 Å². The maximum atomic E-state index is 9.11. The van der Waals surface area contributed by atoms with Crippen LogP contribution in [0.3, 0.4) is 0 Å². The highest BCUT2D eigenvalue weighted by Gasteiger charge is 2.24. The minimum absolute atomic E-state index is 0.0479. The summed E-state index contributed by atoms with van der Waals surface area (Å²) in [6.45, 7) is 5.92. The summed E-state index contributed by atoms with van der Waals surface area (Å²) in [7, 11) is 0. The molecule has 4 nitrogen and oxygen atoms in total. The molecule has 0 spiro atoms. The van der Waals surface area contributed by atoms with Crippen molar-refractivity contribution in [3.8, 4) is 6.07 Å². The molecule has 2 heterocycles. The van der Waals surface area contributed by atoms with Crippen LogP contribution in [-0.2, 0) is 19.4 Å². The third-order valence-corrected chi connectivity index (χ3v) is 3.49. The molecule has 1 aromatic rings. The van der Waals surface area contributed by atoms with E-state index in [1.165, 1.54) is 12.8 Å². The molecule has 4 heteroatoms. The Balaban J connectivity index is 2.35. The Kier molecular flexibility index (Phi) is 3.21. The number of nitrogens with zero attached hydrogens (tertiary/aromatic N) is 3. The van der Waals surface area contributed by atoms with Crippen LogP contribution in [0.25, 0.3) is 0 Å². The van der Waals surface area contributed by atoms with Crippen molar-refractivity contribution in [2.75, 3.05) is 6.54 Å². The summed E-state index contributed by atoms with van der Waals surface area (Å²) in [5.74, 6) is 1.03. The lowest BCUT2D eigenvalue weighted by Crippen LogP contribution is -2.28. The van der Waals surface area contributed by atoms with Gasteiger partial charge >= 0.3 is 0 Å². The number of fused-ring (bicyclic) bond motifs is 1. The molecule has 0 saturated carbocycles. The van der Waals surface area contributed by atoms with E-state index in [0.717, 1.165) is 30.9 Å². The van der Waals surface area contributed by atoms with E-state index < -0.39 is 0 Å². The highest BCUT2D eigenvalue weighted by Crippen LogP contribution is 2.25. The summed E-state index contributed by atoms with van der Waals surface area (Å²) in [5.41, 5.74) is 7.56. The van der Waals surface area contributed by atoms with E-state index in [1.807, 2.05) is 0 Å². The normalized spacial score (nSPS) is 15.4. The summed E-state index contributed by atoms with van der Waals surface area (Å²) in [6.07, 6.45) is 4.18. The van der Waals surface area contributed by atoms with Crippen LogP contribution in [0.5, 0.6) is 0 Å². The fourth-order valence-corrected chi connectivity index (χ4v) is 2.34. The highest BCUT2D eigenvalue weighted by atomic mass is 15.1. The van der Waals surface area contributed by atoms with Gasteiger partial charge in [0, 0.05) is 13.0 Å². The lowest BCUT2D eigenvalue weighted by molar-refractivity contribution is 0.356. The zero-order chi connectivity index (χ0) is 12.5. The quantitative estimate of drug-likeness (QED) is 0.861. The predicted molar refractivity (Wildman–Crippen MR) is 66.4 cm³/mol. The Labute approximate surface area is 102 Å². The smallest absolute Gasteiger partial charge is 0.161 e. The fraction of sp³-hybridized carbons (Fsp3) is 0.692. The molecule has 0 aliphatic carbocycles. The minimum Gasteiger partial charge on any atom is -0.331 e. The van der Waals surface area contributed by atoms with Gasteiger partial charge in [-0.1, -0.05) is 13.8 Å². The fourth-order valence-electron chi connectivity index (χ4n) is 2.34. The van der Waals surface area contributed by atoms with Gasteiger partial charge in [-0.05, 0) is 31.2 Å². The summed E-state index contributed by atoms with van der Waals surface area (Å²) in [4.78, 5) is 4.49. The first-order valence-corrected chi connectivity index (χ1v) is 6.26. The molecule has 1 aliphatic heterocycles. The van der Waals surface area contributed by atoms with Gasteiger partial charge < -0.3 is 10.3 Å². The van der Waals surface area contributed by atoms with Crippen LogP contribution in [0.2, 0.25) is 0 Å². The van der Waals surface area contributed by atoms with E-state index in [0.29, 0.717) is 12.2 Å². The standard InChI is InChI=1S/C13H20N4/c1-13(2,9-15)7-12-16-10(8-14)11-5-3-4-6-17(11)12/h3-7,9,15H2,1-2H3. The largest absolute Gasteiger partial charge is 0.331 e. The van der Waals surface area contributed by atoms with Crippen molar-refractivity contribution in [2.45, 2.75) is 46.1 Å². The zero-order valence-corrected chi connectivity index (χ0v) is 10.7. The molecular weight excluding hydrogens is 212 g/mol. The van der Waals surface area contributed by atoms with Crippen LogP contribution in [0, 0.1) is 16.7 Å². The molecule has 0 fully saturated rings. The number of nitriles is 1. The van der Waals surface area contributed by atoms with Gasteiger partial charge in [0.2, 0.25) is 0 Å². The highest BCUT2D eigenvalue weighted by molar-refractivity contribution is 5.30. The molecule has 0 amide bonds. The number of hydrogen-bond acceptors (Lipinski definition) is 3. The Hall–Kier alpha value is -1.34. The van der Waals surface area contributed by atoms with Gasteiger partial charge in [0.15, 0.2) is 5.69 Å². The second-order valence-electron chi connectivity index (χ2n) is 5.59. The van der Waals surface area contributed by atoms with Gasteiger partial charge in [-0.2, -0.15) is 5.26 Å². The molecule has 2 N–H and O–H groups in total. The van der Waals surface area contributed by atoms with E-state index in [9.17, 15) is 0 Å². The Morgan fingerprint density at radius 2 is 2.24 bits per heavy atom. The third kappa shape index (κ3) is 2.34. The van der Waals surface area contributed by atoms with E-state index in [-0.39, 0.29) is 5.41 Å².